The molecular weight excluding hydrogens is 317 g/mol. The van der Waals surface area contributed by atoms with E-state index in [1.54, 1.807) is 0 Å². The van der Waals surface area contributed by atoms with Crippen molar-refractivity contribution in [3.63, 3.8) is 0 Å². The van der Waals surface area contributed by atoms with Gasteiger partial charge >= 0.3 is 5.97 Å². The number of carbonyl (C=O) groups is 1. The molecule has 1 aromatic rings. The number of allylic oxidation sites excluding steroid dienone is 3. The highest BCUT2D eigenvalue weighted by Crippen LogP contribution is 2.32. The standard InChI is InChI=1S/C18H17ClFNO2/c19-16-7-6-13(8-17(16)20)14-10-21(11-15(14)18(22)23)9-12-4-2-1-3-5-12/h1-6,8,16H,7,9-11H2,(H,22,23). The fourth-order valence-electron chi connectivity index (χ4n) is 2.96. The van der Waals surface area contributed by atoms with Crippen molar-refractivity contribution in [2.45, 2.75) is 18.3 Å². The molecule has 1 aliphatic heterocycles. The molecule has 0 saturated heterocycles. The molecule has 0 fully saturated rings. The summed E-state index contributed by atoms with van der Waals surface area (Å²) in [6.45, 7) is 1.52. The van der Waals surface area contributed by atoms with Crippen molar-refractivity contribution in [1.82, 2.24) is 4.90 Å². The van der Waals surface area contributed by atoms with E-state index >= 15 is 0 Å². The molecule has 0 aromatic heterocycles. The monoisotopic (exact) mass is 333 g/mol. The summed E-state index contributed by atoms with van der Waals surface area (Å²) in [5, 5.41) is 8.82. The average Bonchev–Trinajstić information content (AvgIpc) is 2.95. The molecular formula is C18H17ClFNO2. The van der Waals surface area contributed by atoms with Gasteiger partial charge < -0.3 is 5.11 Å². The van der Waals surface area contributed by atoms with Crippen LogP contribution in [0.25, 0.3) is 0 Å². The Balaban J connectivity index is 1.81. The summed E-state index contributed by atoms with van der Waals surface area (Å²) in [6.07, 6.45) is 3.57. The van der Waals surface area contributed by atoms with Crippen LogP contribution in [0, 0.1) is 0 Å². The molecule has 1 N–H and O–H groups in total. The molecule has 120 valence electrons. The molecule has 1 aromatic carbocycles. The number of rotatable bonds is 4. The molecule has 1 unspecified atom stereocenters. The summed E-state index contributed by atoms with van der Waals surface area (Å²) in [4.78, 5) is 13.6. The van der Waals surface area contributed by atoms with Gasteiger partial charge in [-0.3, -0.25) is 4.90 Å². The van der Waals surface area contributed by atoms with Gasteiger partial charge in [0, 0.05) is 19.6 Å². The first-order valence-electron chi connectivity index (χ1n) is 7.48. The molecule has 0 bridgehead atoms. The number of halogens is 2. The van der Waals surface area contributed by atoms with E-state index in [0.29, 0.717) is 42.8 Å². The Morgan fingerprint density at radius 1 is 1.30 bits per heavy atom. The second-order valence-corrected chi connectivity index (χ2v) is 6.31. The van der Waals surface area contributed by atoms with Crippen molar-refractivity contribution in [1.29, 1.82) is 0 Å². The van der Waals surface area contributed by atoms with Gasteiger partial charge in [-0.15, -0.1) is 11.6 Å². The zero-order valence-electron chi connectivity index (χ0n) is 12.5. The minimum atomic E-state index is -0.946. The van der Waals surface area contributed by atoms with Gasteiger partial charge in [0.2, 0.25) is 0 Å². The number of benzene rings is 1. The number of hydrogen-bond donors (Lipinski definition) is 1. The SMILES string of the molecule is O=C(O)C1=C(C2=CCC(Cl)C(F)=C2)CN(Cc2ccccc2)C1. The van der Waals surface area contributed by atoms with Crippen LogP contribution in [0.5, 0.6) is 0 Å². The van der Waals surface area contributed by atoms with Crippen LogP contribution in [-0.4, -0.2) is 34.4 Å². The van der Waals surface area contributed by atoms with E-state index in [0.717, 1.165) is 5.56 Å². The predicted molar refractivity (Wildman–Crippen MR) is 87.9 cm³/mol. The molecule has 5 heteroatoms. The van der Waals surface area contributed by atoms with Crippen LogP contribution in [0.15, 0.2) is 65.0 Å². The quantitative estimate of drug-likeness (QED) is 0.855. The van der Waals surface area contributed by atoms with Gasteiger partial charge in [0.1, 0.15) is 5.83 Å². The summed E-state index contributed by atoms with van der Waals surface area (Å²) in [6, 6.07) is 9.88. The van der Waals surface area contributed by atoms with E-state index in [1.165, 1.54) is 6.08 Å². The summed E-state index contributed by atoms with van der Waals surface area (Å²) in [7, 11) is 0. The van der Waals surface area contributed by atoms with Crippen molar-refractivity contribution in [2.75, 3.05) is 13.1 Å². The lowest BCUT2D eigenvalue weighted by Gasteiger charge is -2.17. The van der Waals surface area contributed by atoms with Crippen LogP contribution < -0.4 is 0 Å². The van der Waals surface area contributed by atoms with Gasteiger partial charge in [-0.25, -0.2) is 9.18 Å². The largest absolute Gasteiger partial charge is 0.478 e. The lowest BCUT2D eigenvalue weighted by atomic mass is 9.96. The van der Waals surface area contributed by atoms with E-state index in [4.69, 9.17) is 11.6 Å². The molecule has 3 nitrogen and oxygen atoms in total. The third-order valence-electron chi connectivity index (χ3n) is 4.12. The Labute approximate surface area is 139 Å². The smallest absolute Gasteiger partial charge is 0.333 e. The predicted octanol–water partition coefficient (Wildman–Crippen LogP) is 3.67. The van der Waals surface area contributed by atoms with Gasteiger partial charge in [0.15, 0.2) is 0 Å². The minimum absolute atomic E-state index is 0.337. The maximum atomic E-state index is 13.8. The van der Waals surface area contributed by atoms with Crippen molar-refractivity contribution >= 4 is 17.6 Å². The summed E-state index contributed by atoms with van der Waals surface area (Å²) in [5.41, 5.74) is 2.79. The first-order valence-corrected chi connectivity index (χ1v) is 7.91. The fourth-order valence-corrected chi connectivity index (χ4v) is 3.11. The lowest BCUT2D eigenvalue weighted by molar-refractivity contribution is -0.132. The summed E-state index contributed by atoms with van der Waals surface area (Å²) < 4.78 is 13.8. The van der Waals surface area contributed by atoms with Crippen molar-refractivity contribution in [2.24, 2.45) is 0 Å². The minimum Gasteiger partial charge on any atom is -0.478 e. The van der Waals surface area contributed by atoms with Gasteiger partial charge in [-0.1, -0.05) is 36.4 Å². The van der Waals surface area contributed by atoms with Gasteiger partial charge in [0.05, 0.1) is 11.0 Å². The van der Waals surface area contributed by atoms with Crippen molar-refractivity contribution < 1.29 is 14.3 Å². The highest BCUT2D eigenvalue weighted by atomic mass is 35.5. The van der Waals surface area contributed by atoms with Gasteiger partial charge in [-0.05, 0) is 29.2 Å². The molecule has 3 rings (SSSR count). The second kappa shape index (κ2) is 6.69. The molecule has 0 spiro atoms. The van der Waals surface area contributed by atoms with Crippen molar-refractivity contribution in [3.05, 3.63) is 70.6 Å². The van der Waals surface area contributed by atoms with Gasteiger partial charge in [-0.2, -0.15) is 0 Å². The number of hydrogen-bond acceptors (Lipinski definition) is 2. The molecule has 1 atom stereocenters. The highest BCUT2D eigenvalue weighted by molar-refractivity contribution is 6.22. The summed E-state index contributed by atoms with van der Waals surface area (Å²) in [5.74, 6) is -1.35. The number of carboxylic acids is 1. The number of nitrogens with zero attached hydrogens (tertiary/aromatic N) is 1. The van der Waals surface area contributed by atoms with Gasteiger partial charge in [0.25, 0.3) is 0 Å². The van der Waals surface area contributed by atoms with Crippen LogP contribution in [0.1, 0.15) is 12.0 Å². The van der Waals surface area contributed by atoms with Crippen molar-refractivity contribution in [3.8, 4) is 0 Å². The van der Waals surface area contributed by atoms with Crippen LogP contribution >= 0.6 is 11.6 Å². The topological polar surface area (TPSA) is 40.5 Å². The third-order valence-corrected chi connectivity index (χ3v) is 4.51. The Hall–Kier alpha value is -1.91. The normalized spacial score (nSPS) is 22.1. The zero-order valence-corrected chi connectivity index (χ0v) is 13.3. The maximum Gasteiger partial charge on any atom is 0.333 e. The van der Waals surface area contributed by atoms with E-state index in [-0.39, 0.29) is 0 Å². The second-order valence-electron chi connectivity index (χ2n) is 5.78. The zero-order chi connectivity index (χ0) is 16.4. The first-order chi connectivity index (χ1) is 11.0. The van der Waals surface area contributed by atoms with Crippen LogP contribution in [0.3, 0.4) is 0 Å². The van der Waals surface area contributed by atoms with Crippen LogP contribution in [0.2, 0.25) is 0 Å². The molecule has 23 heavy (non-hydrogen) atoms. The average molecular weight is 334 g/mol. The number of alkyl halides is 1. The number of carboxylic acid groups (broad SMARTS) is 1. The van der Waals surface area contributed by atoms with Crippen LogP contribution in [-0.2, 0) is 11.3 Å². The highest BCUT2D eigenvalue weighted by Gasteiger charge is 2.29. The molecule has 1 aliphatic carbocycles. The first kappa shape index (κ1) is 16.0. The maximum absolute atomic E-state index is 13.8. The molecule has 0 radical (unpaired) electrons. The molecule has 0 saturated carbocycles. The van der Waals surface area contributed by atoms with E-state index in [2.05, 4.69) is 0 Å². The molecule has 2 aliphatic rings. The van der Waals surface area contributed by atoms with Crippen LogP contribution in [0.4, 0.5) is 4.39 Å². The Morgan fingerprint density at radius 2 is 2.04 bits per heavy atom. The fraction of sp³-hybridized carbons (Fsp3) is 0.278. The molecule has 1 heterocycles. The molecule has 0 amide bonds. The Bertz CT molecular complexity index is 709. The Kier molecular flexibility index (Phi) is 4.64. The summed E-state index contributed by atoms with van der Waals surface area (Å²) >= 11 is 5.84. The third kappa shape index (κ3) is 3.54. The number of aliphatic carboxylic acids is 1. The van der Waals surface area contributed by atoms with E-state index < -0.39 is 17.2 Å². The van der Waals surface area contributed by atoms with E-state index in [9.17, 15) is 14.3 Å². The van der Waals surface area contributed by atoms with E-state index in [1.807, 2.05) is 41.3 Å². The Morgan fingerprint density at radius 3 is 2.70 bits per heavy atom. The lowest BCUT2D eigenvalue weighted by Crippen LogP contribution is -2.22.